The molecule has 120 valence electrons. The van der Waals surface area contributed by atoms with E-state index in [9.17, 15) is 0 Å². The molecule has 0 amide bonds. The van der Waals surface area contributed by atoms with Crippen molar-refractivity contribution in [1.29, 1.82) is 0 Å². The zero-order valence-electron chi connectivity index (χ0n) is 12.4. The maximum atomic E-state index is 6.35. The second-order valence-corrected chi connectivity index (χ2v) is 6.62. The molecule has 3 nitrogen and oxygen atoms in total. The average molecular weight is 369 g/mol. The standard InChI is InChI=1S/C17H16Cl3N3/c18-10-8-12-11(4-1-2-6-21)16(23-15(12)14(20)9-10)17-13(19)5-3-7-22-17/h3,5,7-9,23H,1-2,4,6,21H2. The Kier molecular flexibility index (Phi) is 5.12. The number of nitrogens with zero attached hydrogens (tertiary/aromatic N) is 1. The minimum absolute atomic E-state index is 0.589. The number of rotatable bonds is 5. The first kappa shape index (κ1) is 16.6. The summed E-state index contributed by atoms with van der Waals surface area (Å²) in [6.07, 6.45) is 4.52. The number of aromatic nitrogens is 2. The molecule has 0 atom stereocenters. The van der Waals surface area contributed by atoms with Gasteiger partial charge in [-0.05, 0) is 55.6 Å². The number of aryl methyl sites for hydroxylation is 1. The van der Waals surface area contributed by atoms with Crippen molar-refractivity contribution in [3.8, 4) is 11.4 Å². The minimum Gasteiger partial charge on any atom is -0.352 e. The molecular weight excluding hydrogens is 353 g/mol. The molecule has 0 spiro atoms. The van der Waals surface area contributed by atoms with E-state index in [1.165, 1.54) is 0 Å². The summed E-state index contributed by atoms with van der Waals surface area (Å²) in [6, 6.07) is 7.30. The minimum atomic E-state index is 0.589. The van der Waals surface area contributed by atoms with Crippen LogP contribution < -0.4 is 5.73 Å². The number of H-pyrrole nitrogens is 1. The second kappa shape index (κ2) is 7.10. The van der Waals surface area contributed by atoms with Crippen molar-refractivity contribution >= 4 is 45.7 Å². The number of nitrogens with two attached hydrogens (primary N) is 1. The fourth-order valence-corrected chi connectivity index (χ4v) is 3.51. The van der Waals surface area contributed by atoms with Crippen LogP contribution in [0.25, 0.3) is 22.3 Å². The van der Waals surface area contributed by atoms with E-state index in [2.05, 4.69) is 9.97 Å². The second-order valence-electron chi connectivity index (χ2n) is 5.37. The highest BCUT2D eigenvalue weighted by Crippen LogP contribution is 2.37. The Hall–Kier alpha value is -1.26. The number of hydrogen-bond donors (Lipinski definition) is 2. The zero-order valence-corrected chi connectivity index (χ0v) is 14.6. The van der Waals surface area contributed by atoms with Crippen LogP contribution in [0.1, 0.15) is 18.4 Å². The Morgan fingerprint density at radius 1 is 1.09 bits per heavy atom. The molecule has 3 N–H and O–H groups in total. The van der Waals surface area contributed by atoms with E-state index in [-0.39, 0.29) is 0 Å². The van der Waals surface area contributed by atoms with Gasteiger partial charge < -0.3 is 10.7 Å². The highest BCUT2D eigenvalue weighted by Gasteiger charge is 2.18. The van der Waals surface area contributed by atoms with E-state index >= 15 is 0 Å². The Bertz CT molecular complexity index is 842. The average Bonchev–Trinajstić information content (AvgIpc) is 2.87. The zero-order chi connectivity index (χ0) is 16.4. The van der Waals surface area contributed by atoms with Crippen molar-refractivity contribution in [3.63, 3.8) is 0 Å². The van der Waals surface area contributed by atoms with Gasteiger partial charge >= 0.3 is 0 Å². The molecular formula is C17H16Cl3N3. The fourth-order valence-electron chi connectivity index (χ4n) is 2.75. The molecule has 3 rings (SSSR count). The lowest BCUT2D eigenvalue weighted by Gasteiger charge is -2.06. The summed E-state index contributed by atoms with van der Waals surface area (Å²) in [5, 5.41) is 2.81. The van der Waals surface area contributed by atoms with Crippen molar-refractivity contribution in [2.24, 2.45) is 5.73 Å². The predicted molar refractivity (Wildman–Crippen MR) is 98.6 cm³/mol. The predicted octanol–water partition coefficient (Wildman–Crippen LogP) is 5.47. The maximum absolute atomic E-state index is 6.35. The molecule has 6 heteroatoms. The van der Waals surface area contributed by atoms with Crippen LogP contribution in [0, 0.1) is 0 Å². The first-order chi connectivity index (χ1) is 11.1. The molecule has 0 unspecified atom stereocenters. The molecule has 0 bridgehead atoms. The van der Waals surface area contributed by atoms with Gasteiger partial charge in [-0.1, -0.05) is 34.8 Å². The van der Waals surface area contributed by atoms with Gasteiger partial charge in [0.25, 0.3) is 0 Å². The lowest BCUT2D eigenvalue weighted by Crippen LogP contribution is -1.99. The van der Waals surface area contributed by atoms with E-state index in [0.717, 1.165) is 47.1 Å². The third kappa shape index (κ3) is 3.33. The Balaban J connectivity index is 2.21. The third-order valence-electron chi connectivity index (χ3n) is 3.81. The van der Waals surface area contributed by atoms with Gasteiger partial charge in [-0.15, -0.1) is 0 Å². The van der Waals surface area contributed by atoms with Crippen LogP contribution in [0.4, 0.5) is 0 Å². The first-order valence-electron chi connectivity index (χ1n) is 7.42. The highest BCUT2D eigenvalue weighted by molar-refractivity contribution is 6.38. The maximum Gasteiger partial charge on any atom is 0.105 e. The van der Waals surface area contributed by atoms with Gasteiger partial charge in [0.1, 0.15) is 5.69 Å². The van der Waals surface area contributed by atoms with Crippen LogP contribution in [0.15, 0.2) is 30.5 Å². The van der Waals surface area contributed by atoms with Gasteiger partial charge in [0.2, 0.25) is 0 Å². The summed E-state index contributed by atoms with van der Waals surface area (Å²) in [5.41, 5.74) is 9.22. The first-order valence-corrected chi connectivity index (χ1v) is 8.55. The lowest BCUT2D eigenvalue weighted by molar-refractivity contribution is 0.748. The van der Waals surface area contributed by atoms with Gasteiger partial charge in [-0.3, -0.25) is 4.98 Å². The quantitative estimate of drug-likeness (QED) is 0.586. The van der Waals surface area contributed by atoms with Gasteiger partial charge in [0.15, 0.2) is 0 Å². The number of pyridine rings is 1. The number of unbranched alkanes of at least 4 members (excludes halogenated alkanes) is 1. The molecule has 0 aliphatic carbocycles. The molecule has 2 heterocycles. The topological polar surface area (TPSA) is 54.7 Å². The van der Waals surface area contributed by atoms with Gasteiger partial charge in [-0.2, -0.15) is 0 Å². The Morgan fingerprint density at radius 2 is 1.91 bits per heavy atom. The van der Waals surface area contributed by atoms with Gasteiger partial charge in [-0.25, -0.2) is 0 Å². The van der Waals surface area contributed by atoms with Gasteiger partial charge in [0.05, 0.1) is 21.3 Å². The van der Waals surface area contributed by atoms with E-state index in [1.807, 2.05) is 18.2 Å². The Labute approximate surface area is 149 Å². The van der Waals surface area contributed by atoms with Crippen LogP contribution in [-0.4, -0.2) is 16.5 Å². The smallest absolute Gasteiger partial charge is 0.105 e. The third-order valence-corrected chi connectivity index (χ3v) is 4.63. The van der Waals surface area contributed by atoms with Crippen molar-refractivity contribution in [1.82, 2.24) is 9.97 Å². The largest absolute Gasteiger partial charge is 0.352 e. The number of aromatic amines is 1. The summed E-state index contributed by atoms with van der Waals surface area (Å²) in [7, 11) is 0. The van der Waals surface area contributed by atoms with Crippen molar-refractivity contribution in [2.75, 3.05) is 6.54 Å². The van der Waals surface area contributed by atoms with Gasteiger partial charge in [0, 0.05) is 16.6 Å². The molecule has 0 saturated heterocycles. The number of fused-ring (bicyclic) bond motifs is 1. The molecule has 2 aromatic heterocycles. The molecule has 23 heavy (non-hydrogen) atoms. The van der Waals surface area contributed by atoms with Crippen LogP contribution in [0.3, 0.4) is 0 Å². The van der Waals surface area contributed by atoms with Crippen LogP contribution in [0.2, 0.25) is 15.1 Å². The molecule has 3 aromatic rings. The van der Waals surface area contributed by atoms with E-state index in [4.69, 9.17) is 40.5 Å². The number of hydrogen-bond acceptors (Lipinski definition) is 2. The van der Waals surface area contributed by atoms with Crippen LogP contribution in [0.5, 0.6) is 0 Å². The summed E-state index contributed by atoms with van der Waals surface area (Å²) in [6.45, 7) is 0.670. The van der Waals surface area contributed by atoms with E-state index in [1.54, 1.807) is 12.3 Å². The number of benzene rings is 1. The molecule has 0 radical (unpaired) electrons. The van der Waals surface area contributed by atoms with Crippen molar-refractivity contribution < 1.29 is 0 Å². The molecule has 0 aliphatic heterocycles. The fraction of sp³-hybridized carbons (Fsp3) is 0.235. The van der Waals surface area contributed by atoms with Crippen molar-refractivity contribution in [3.05, 3.63) is 51.1 Å². The van der Waals surface area contributed by atoms with E-state index < -0.39 is 0 Å². The summed E-state index contributed by atoms with van der Waals surface area (Å²) < 4.78 is 0. The van der Waals surface area contributed by atoms with Crippen LogP contribution in [-0.2, 0) is 6.42 Å². The SMILES string of the molecule is NCCCCc1c(-c2ncccc2Cl)[nH]c2c(Cl)cc(Cl)cc12. The van der Waals surface area contributed by atoms with Crippen LogP contribution >= 0.6 is 34.8 Å². The molecule has 0 fully saturated rings. The summed E-state index contributed by atoms with van der Waals surface area (Å²) in [4.78, 5) is 7.80. The normalized spacial score (nSPS) is 11.3. The lowest BCUT2D eigenvalue weighted by atomic mass is 10.0. The summed E-state index contributed by atoms with van der Waals surface area (Å²) >= 11 is 18.9. The van der Waals surface area contributed by atoms with E-state index in [0.29, 0.717) is 21.6 Å². The summed E-state index contributed by atoms with van der Waals surface area (Å²) in [5.74, 6) is 0. The molecule has 1 aromatic carbocycles. The monoisotopic (exact) mass is 367 g/mol. The Morgan fingerprint density at radius 3 is 2.65 bits per heavy atom. The highest BCUT2D eigenvalue weighted by atomic mass is 35.5. The molecule has 0 saturated carbocycles. The molecule has 0 aliphatic rings. The number of halogens is 3. The number of nitrogens with one attached hydrogen (secondary N) is 1. The van der Waals surface area contributed by atoms with Crippen molar-refractivity contribution in [2.45, 2.75) is 19.3 Å².